The number of aryl methyl sites for hydroxylation is 2. The van der Waals surface area contributed by atoms with Crippen LogP contribution in [0.2, 0.25) is 0 Å². The maximum atomic E-state index is 10.8. The number of carboxylic acids is 1. The van der Waals surface area contributed by atoms with Crippen LogP contribution in [0, 0.1) is 13.8 Å². The molecule has 4 heteroatoms. The van der Waals surface area contributed by atoms with Crippen molar-refractivity contribution in [2.24, 2.45) is 0 Å². The summed E-state index contributed by atoms with van der Waals surface area (Å²) >= 11 is 2.95. The molecule has 0 bridgehead atoms. The Hall–Kier alpha value is -1.26. The SMILES string of the molecule is Cc1cc(C)cc(CSc2csc(C(=O)O)c2)c1. The van der Waals surface area contributed by atoms with Crippen LogP contribution in [0.15, 0.2) is 34.5 Å². The van der Waals surface area contributed by atoms with Crippen molar-refractivity contribution < 1.29 is 9.90 Å². The average molecular weight is 278 g/mol. The predicted octanol–water partition coefficient (Wildman–Crippen LogP) is 4.36. The number of carboxylic acid groups (broad SMARTS) is 1. The normalized spacial score (nSPS) is 10.6. The second-order valence-electron chi connectivity index (χ2n) is 4.24. The lowest BCUT2D eigenvalue weighted by Crippen LogP contribution is -1.89. The predicted molar refractivity (Wildman–Crippen MR) is 76.8 cm³/mol. The van der Waals surface area contributed by atoms with Crippen LogP contribution in [-0.4, -0.2) is 11.1 Å². The summed E-state index contributed by atoms with van der Waals surface area (Å²) in [7, 11) is 0. The van der Waals surface area contributed by atoms with E-state index < -0.39 is 5.97 Å². The lowest BCUT2D eigenvalue weighted by atomic mass is 10.1. The molecule has 1 aromatic carbocycles. The number of carbonyl (C=O) groups is 1. The van der Waals surface area contributed by atoms with E-state index in [9.17, 15) is 4.79 Å². The van der Waals surface area contributed by atoms with Gasteiger partial charge in [0.25, 0.3) is 0 Å². The first-order valence-corrected chi connectivity index (χ1v) is 7.43. The van der Waals surface area contributed by atoms with Gasteiger partial charge >= 0.3 is 5.97 Å². The zero-order valence-corrected chi connectivity index (χ0v) is 11.9. The smallest absolute Gasteiger partial charge is 0.345 e. The van der Waals surface area contributed by atoms with E-state index in [-0.39, 0.29) is 0 Å². The van der Waals surface area contributed by atoms with Crippen molar-refractivity contribution in [2.45, 2.75) is 24.5 Å². The fourth-order valence-corrected chi connectivity index (χ4v) is 3.62. The van der Waals surface area contributed by atoms with Gasteiger partial charge in [-0.3, -0.25) is 0 Å². The Bertz CT molecular complexity index is 553. The van der Waals surface area contributed by atoms with Gasteiger partial charge in [0.05, 0.1) is 0 Å². The maximum absolute atomic E-state index is 10.8. The molecular weight excluding hydrogens is 264 g/mol. The van der Waals surface area contributed by atoms with Crippen LogP contribution in [0.1, 0.15) is 26.4 Å². The Labute approximate surface area is 115 Å². The molecule has 2 rings (SSSR count). The third-order valence-electron chi connectivity index (χ3n) is 2.47. The molecule has 1 heterocycles. The third kappa shape index (κ3) is 3.37. The van der Waals surface area contributed by atoms with E-state index in [1.54, 1.807) is 17.8 Å². The lowest BCUT2D eigenvalue weighted by Gasteiger charge is -2.03. The minimum atomic E-state index is -0.849. The monoisotopic (exact) mass is 278 g/mol. The van der Waals surface area contributed by atoms with Crippen molar-refractivity contribution in [1.29, 1.82) is 0 Å². The zero-order chi connectivity index (χ0) is 13.1. The summed E-state index contributed by atoms with van der Waals surface area (Å²) in [4.78, 5) is 12.2. The van der Waals surface area contributed by atoms with E-state index in [1.807, 2.05) is 5.38 Å². The Morgan fingerprint density at radius 3 is 2.44 bits per heavy atom. The van der Waals surface area contributed by atoms with Crippen LogP contribution in [-0.2, 0) is 5.75 Å². The Kier molecular flexibility index (Phi) is 4.09. The van der Waals surface area contributed by atoms with Gasteiger partial charge in [0, 0.05) is 16.0 Å². The molecule has 0 fully saturated rings. The van der Waals surface area contributed by atoms with Gasteiger partial charge in [0.2, 0.25) is 0 Å². The highest BCUT2D eigenvalue weighted by Gasteiger charge is 2.07. The highest BCUT2D eigenvalue weighted by molar-refractivity contribution is 7.98. The first-order chi connectivity index (χ1) is 8.54. The van der Waals surface area contributed by atoms with Gasteiger partial charge in [-0.15, -0.1) is 23.1 Å². The summed E-state index contributed by atoms with van der Waals surface area (Å²) in [6.45, 7) is 4.18. The largest absolute Gasteiger partial charge is 0.477 e. The zero-order valence-electron chi connectivity index (χ0n) is 10.3. The molecule has 0 saturated carbocycles. The molecule has 1 aromatic heterocycles. The quantitative estimate of drug-likeness (QED) is 0.845. The van der Waals surface area contributed by atoms with E-state index in [0.717, 1.165) is 10.6 Å². The van der Waals surface area contributed by atoms with Gasteiger partial charge in [-0.2, -0.15) is 0 Å². The topological polar surface area (TPSA) is 37.3 Å². The van der Waals surface area contributed by atoms with Crippen LogP contribution in [0.3, 0.4) is 0 Å². The molecule has 94 valence electrons. The minimum Gasteiger partial charge on any atom is -0.477 e. The maximum Gasteiger partial charge on any atom is 0.345 e. The number of hydrogen-bond donors (Lipinski definition) is 1. The van der Waals surface area contributed by atoms with E-state index in [1.165, 1.54) is 28.0 Å². The fourth-order valence-electron chi connectivity index (χ4n) is 1.83. The molecule has 18 heavy (non-hydrogen) atoms. The second kappa shape index (κ2) is 5.59. The summed E-state index contributed by atoms with van der Waals surface area (Å²) in [6, 6.07) is 8.23. The second-order valence-corrected chi connectivity index (χ2v) is 6.20. The van der Waals surface area contributed by atoms with Gasteiger partial charge in [-0.25, -0.2) is 4.79 Å². The number of rotatable bonds is 4. The summed E-state index contributed by atoms with van der Waals surface area (Å²) in [5, 5.41) is 10.8. The molecule has 1 N–H and O–H groups in total. The molecule has 0 aliphatic rings. The number of benzene rings is 1. The van der Waals surface area contributed by atoms with Crippen molar-refractivity contribution in [2.75, 3.05) is 0 Å². The molecule has 0 amide bonds. The molecule has 0 aliphatic carbocycles. The first kappa shape index (κ1) is 13.2. The Morgan fingerprint density at radius 1 is 1.22 bits per heavy atom. The Balaban J connectivity index is 2.04. The molecule has 0 saturated heterocycles. The van der Waals surface area contributed by atoms with Crippen molar-refractivity contribution in [3.8, 4) is 0 Å². The molecule has 2 nitrogen and oxygen atoms in total. The van der Waals surface area contributed by atoms with Crippen LogP contribution >= 0.6 is 23.1 Å². The van der Waals surface area contributed by atoms with E-state index in [4.69, 9.17) is 5.11 Å². The van der Waals surface area contributed by atoms with Crippen molar-refractivity contribution >= 4 is 29.1 Å². The van der Waals surface area contributed by atoms with Crippen LogP contribution < -0.4 is 0 Å². The summed E-state index contributed by atoms with van der Waals surface area (Å²) in [5.41, 5.74) is 3.81. The molecular formula is C14H14O2S2. The summed E-state index contributed by atoms with van der Waals surface area (Å²) in [6.07, 6.45) is 0. The third-order valence-corrected chi connectivity index (χ3v) is 4.59. The van der Waals surface area contributed by atoms with E-state index in [0.29, 0.717) is 4.88 Å². The summed E-state index contributed by atoms with van der Waals surface area (Å²) < 4.78 is 0. The Morgan fingerprint density at radius 2 is 1.89 bits per heavy atom. The van der Waals surface area contributed by atoms with Crippen LogP contribution in [0.4, 0.5) is 0 Å². The molecule has 2 aromatic rings. The van der Waals surface area contributed by atoms with Gasteiger partial charge in [-0.05, 0) is 25.5 Å². The van der Waals surface area contributed by atoms with Gasteiger partial charge < -0.3 is 5.11 Å². The van der Waals surface area contributed by atoms with Crippen molar-refractivity contribution in [1.82, 2.24) is 0 Å². The highest BCUT2D eigenvalue weighted by atomic mass is 32.2. The van der Waals surface area contributed by atoms with Crippen molar-refractivity contribution in [3.05, 3.63) is 51.2 Å². The molecule has 0 atom stereocenters. The molecule has 0 aliphatic heterocycles. The first-order valence-electron chi connectivity index (χ1n) is 5.56. The molecule has 0 radical (unpaired) electrons. The highest BCUT2D eigenvalue weighted by Crippen LogP contribution is 2.28. The van der Waals surface area contributed by atoms with Crippen LogP contribution in [0.5, 0.6) is 0 Å². The van der Waals surface area contributed by atoms with E-state index in [2.05, 4.69) is 32.0 Å². The number of aromatic carboxylic acids is 1. The molecule has 0 spiro atoms. The minimum absolute atomic E-state index is 0.401. The van der Waals surface area contributed by atoms with Gasteiger partial charge in [0.1, 0.15) is 4.88 Å². The lowest BCUT2D eigenvalue weighted by molar-refractivity contribution is 0.0702. The van der Waals surface area contributed by atoms with E-state index >= 15 is 0 Å². The average Bonchev–Trinajstić information content (AvgIpc) is 2.73. The number of hydrogen-bond acceptors (Lipinski definition) is 3. The van der Waals surface area contributed by atoms with Gasteiger partial charge in [0.15, 0.2) is 0 Å². The van der Waals surface area contributed by atoms with Crippen LogP contribution in [0.25, 0.3) is 0 Å². The fraction of sp³-hybridized carbons (Fsp3) is 0.214. The van der Waals surface area contributed by atoms with Gasteiger partial charge in [-0.1, -0.05) is 29.3 Å². The number of thiophene rings is 1. The number of thioether (sulfide) groups is 1. The van der Waals surface area contributed by atoms with Crippen molar-refractivity contribution in [3.63, 3.8) is 0 Å². The standard InChI is InChI=1S/C14H14O2S2/c1-9-3-10(2)5-11(4-9)7-17-12-6-13(14(15)16)18-8-12/h3-6,8H,7H2,1-2H3,(H,15,16). The summed E-state index contributed by atoms with van der Waals surface area (Å²) in [5.74, 6) is 0.0245. The molecule has 0 unspecified atom stereocenters.